The van der Waals surface area contributed by atoms with Gasteiger partial charge in [-0.05, 0) is 24.6 Å². The highest BCUT2D eigenvalue weighted by Gasteiger charge is 2.28. The highest BCUT2D eigenvalue weighted by Crippen LogP contribution is 2.21. The van der Waals surface area contributed by atoms with Gasteiger partial charge in [-0.2, -0.15) is 24.9 Å². The Morgan fingerprint density at radius 1 is 1.40 bits per heavy atom. The van der Waals surface area contributed by atoms with E-state index in [2.05, 4.69) is 15.4 Å². The maximum Gasteiger partial charge on any atom is 0.422 e. The minimum absolute atomic E-state index is 0. The summed E-state index contributed by atoms with van der Waals surface area (Å²) in [5, 5.41) is 6.22. The molecule has 0 aliphatic carbocycles. The zero-order chi connectivity index (χ0) is 17.6. The van der Waals surface area contributed by atoms with Crippen LogP contribution >= 0.6 is 24.2 Å². The highest BCUT2D eigenvalue weighted by molar-refractivity contribution is 7.99. The van der Waals surface area contributed by atoms with Crippen LogP contribution in [0.5, 0.6) is 5.75 Å². The molecule has 1 fully saturated rings. The number of amides is 1. The van der Waals surface area contributed by atoms with E-state index in [1.165, 1.54) is 12.1 Å². The molecule has 0 aromatic heterocycles. The first kappa shape index (κ1) is 21.9. The van der Waals surface area contributed by atoms with Crippen LogP contribution in [0.3, 0.4) is 0 Å². The molecule has 4 nitrogen and oxygen atoms in total. The van der Waals surface area contributed by atoms with Gasteiger partial charge in [0.1, 0.15) is 5.75 Å². The Morgan fingerprint density at radius 3 is 2.64 bits per heavy atom. The van der Waals surface area contributed by atoms with Crippen LogP contribution in [0.4, 0.5) is 13.2 Å². The zero-order valence-electron chi connectivity index (χ0n) is 13.8. The number of hydrogen-bond acceptors (Lipinski definition) is 4. The van der Waals surface area contributed by atoms with Crippen molar-refractivity contribution in [1.29, 1.82) is 0 Å². The second-order valence-corrected chi connectivity index (χ2v) is 6.84. The molecule has 0 bridgehead atoms. The van der Waals surface area contributed by atoms with Crippen LogP contribution in [-0.4, -0.2) is 42.8 Å². The highest BCUT2D eigenvalue weighted by atomic mass is 35.5. The second kappa shape index (κ2) is 10.1. The maximum absolute atomic E-state index is 12.1. The Balaban J connectivity index is 0.00000312. The minimum atomic E-state index is -4.36. The molecule has 2 atom stereocenters. The third-order valence-electron chi connectivity index (χ3n) is 3.59. The van der Waals surface area contributed by atoms with Gasteiger partial charge in [-0.3, -0.25) is 4.79 Å². The number of nitrogens with one attached hydrogen (secondary N) is 2. The Morgan fingerprint density at radius 2 is 2.08 bits per heavy atom. The summed E-state index contributed by atoms with van der Waals surface area (Å²) in [5.74, 6) is 2.10. The SMILES string of the molecule is CC(NC(=O)CC1CSCCN1)c1ccc(OCC(F)(F)F)cc1.Cl. The summed E-state index contributed by atoms with van der Waals surface area (Å²) >= 11 is 1.83. The van der Waals surface area contributed by atoms with Crippen molar-refractivity contribution in [2.24, 2.45) is 0 Å². The molecule has 1 aromatic carbocycles. The summed E-state index contributed by atoms with van der Waals surface area (Å²) in [6.45, 7) is 1.44. The van der Waals surface area contributed by atoms with Crippen LogP contribution in [0.15, 0.2) is 24.3 Å². The lowest BCUT2D eigenvalue weighted by Gasteiger charge is -2.23. The summed E-state index contributed by atoms with van der Waals surface area (Å²) < 4.78 is 41.0. The third-order valence-corrected chi connectivity index (χ3v) is 4.72. The molecule has 0 saturated carbocycles. The van der Waals surface area contributed by atoms with Gasteiger partial charge >= 0.3 is 6.18 Å². The summed E-state index contributed by atoms with van der Waals surface area (Å²) in [7, 11) is 0. The number of ether oxygens (including phenoxy) is 1. The molecule has 1 aromatic rings. The van der Waals surface area contributed by atoms with Gasteiger partial charge < -0.3 is 15.4 Å². The number of rotatable bonds is 6. The van der Waals surface area contributed by atoms with Gasteiger partial charge in [0.05, 0.1) is 6.04 Å². The van der Waals surface area contributed by atoms with Crippen LogP contribution < -0.4 is 15.4 Å². The number of halogens is 4. The van der Waals surface area contributed by atoms with E-state index in [4.69, 9.17) is 0 Å². The van der Waals surface area contributed by atoms with Crippen molar-refractivity contribution in [3.63, 3.8) is 0 Å². The first-order valence-electron chi connectivity index (χ1n) is 7.73. The number of hydrogen-bond donors (Lipinski definition) is 2. The average Bonchev–Trinajstić information content (AvgIpc) is 2.53. The molecule has 1 heterocycles. The Kier molecular flexibility index (Phi) is 8.88. The second-order valence-electron chi connectivity index (χ2n) is 5.69. The molecule has 2 unspecified atom stereocenters. The molecular weight excluding hydrogens is 377 g/mol. The quantitative estimate of drug-likeness (QED) is 0.771. The largest absolute Gasteiger partial charge is 0.484 e. The topological polar surface area (TPSA) is 50.4 Å². The summed E-state index contributed by atoms with van der Waals surface area (Å²) in [4.78, 5) is 12.1. The van der Waals surface area contributed by atoms with Crippen LogP contribution in [-0.2, 0) is 4.79 Å². The minimum Gasteiger partial charge on any atom is -0.484 e. The summed E-state index contributed by atoms with van der Waals surface area (Å²) in [6.07, 6.45) is -3.94. The predicted octanol–water partition coefficient (Wildman–Crippen LogP) is 3.32. The predicted molar refractivity (Wildman–Crippen MR) is 95.5 cm³/mol. The van der Waals surface area contributed by atoms with Crippen molar-refractivity contribution in [3.8, 4) is 5.75 Å². The van der Waals surface area contributed by atoms with Crippen LogP contribution in [0, 0.1) is 0 Å². The van der Waals surface area contributed by atoms with E-state index in [1.54, 1.807) is 12.1 Å². The van der Waals surface area contributed by atoms with E-state index < -0.39 is 12.8 Å². The molecule has 1 aliphatic heterocycles. The van der Waals surface area contributed by atoms with Crippen molar-refractivity contribution in [1.82, 2.24) is 10.6 Å². The standard InChI is InChI=1S/C16H21F3N2O2S.ClH/c1-11(21-15(22)8-13-9-24-7-6-20-13)12-2-4-14(5-3-12)23-10-16(17,18)19;/h2-5,11,13,20H,6-10H2,1H3,(H,21,22);1H. The molecule has 0 spiro atoms. The van der Waals surface area contributed by atoms with Gasteiger partial charge in [0, 0.05) is 30.5 Å². The number of alkyl halides is 3. The fraction of sp³-hybridized carbons (Fsp3) is 0.562. The Bertz CT molecular complexity index is 537. The Labute approximate surface area is 155 Å². The van der Waals surface area contributed by atoms with Crippen LogP contribution in [0.25, 0.3) is 0 Å². The summed E-state index contributed by atoms with van der Waals surface area (Å²) in [6, 6.07) is 6.24. The number of thioether (sulfide) groups is 1. The van der Waals surface area contributed by atoms with E-state index in [9.17, 15) is 18.0 Å². The van der Waals surface area contributed by atoms with E-state index >= 15 is 0 Å². The van der Waals surface area contributed by atoms with Gasteiger partial charge in [0.15, 0.2) is 6.61 Å². The third kappa shape index (κ3) is 8.20. The number of carbonyl (C=O) groups excluding carboxylic acids is 1. The molecule has 2 rings (SSSR count). The number of benzene rings is 1. The van der Waals surface area contributed by atoms with Crippen LogP contribution in [0.1, 0.15) is 24.9 Å². The van der Waals surface area contributed by atoms with E-state index in [0.29, 0.717) is 6.42 Å². The van der Waals surface area contributed by atoms with E-state index in [1.807, 2.05) is 18.7 Å². The van der Waals surface area contributed by atoms with Crippen LogP contribution in [0.2, 0.25) is 0 Å². The summed E-state index contributed by atoms with van der Waals surface area (Å²) in [5.41, 5.74) is 0.814. The lowest BCUT2D eigenvalue weighted by molar-refractivity contribution is -0.153. The van der Waals surface area contributed by atoms with E-state index in [-0.39, 0.29) is 36.1 Å². The fourth-order valence-corrected chi connectivity index (χ4v) is 3.33. The van der Waals surface area contributed by atoms with Gasteiger partial charge in [0.25, 0.3) is 0 Å². The molecule has 25 heavy (non-hydrogen) atoms. The molecule has 1 saturated heterocycles. The fourth-order valence-electron chi connectivity index (χ4n) is 2.38. The van der Waals surface area contributed by atoms with Crippen molar-refractivity contribution in [2.75, 3.05) is 24.7 Å². The molecular formula is C16H22ClF3N2O2S. The molecule has 1 aliphatic rings. The molecule has 2 N–H and O–H groups in total. The smallest absolute Gasteiger partial charge is 0.422 e. The van der Waals surface area contributed by atoms with Crippen molar-refractivity contribution in [3.05, 3.63) is 29.8 Å². The molecule has 9 heteroatoms. The molecule has 1 amide bonds. The lowest BCUT2D eigenvalue weighted by atomic mass is 10.1. The first-order chi connectivity index (χ1) is 11.3. The molecule has 0 radical (unpaired) electrons. The van der Waals surface area contributed by atoms with Gasteiger partial charge in [0.2, 0.25) is 5.91 Å². The average molecular weight is 399 g/mol. The normalized spacial score (nSPS) is 18.8. The van der Waals surface area contributed by atoms with Gasteiger partial charge in [-0.25, -0.2) is 0 Å². The number of carbonyl (C=O) groups is 1. The van der Waals surface area contributed by atoms with E-state index in [0.717, 1.165) is 23.6 Å². The van der Waals surface area contributed by atoms with Crippen molar-refractivity contribution >= 4 is 30.1 Å². The first-order valence-corrected chi connectivity index (χ1v) is 8.89. The zero-order valence-corrected chi connectivity index (χ0v) is 15.4. The van der Waals surface area contributed by atoms with Gasteiger partial charge in [-0.15, -0.1) is 12.4 Å². The maximum atomic E-state index is 12.1. The van der Waals surface area contributed by atoms with Crippen molar-refractivity contribution in [2.45, 2.75) is 31.6 Å². The lowest BCUT2D eigenvalue weighted by Crippen LogP contribution is -2.41. The monoisotopic (exact) mass is 398 g/mol. The Hall–Kier alpha value is -1.12. The molecule has 142 valence electrons. The van der Waals surface area contributed by atoms with Gasteiger partial charge in [-0.1, -0.05) is 12.1 Å². The van der Waals surface area contributed by atoms with Crippen molar-refractivity contribution < 1.29 is 22.7 Å².